The minimum atomic E-state index is -1.34. The van der Waals surface area contributed by atoms with Crippen LogP contribution in [0.2, 0.25) is 0 Å². The molecule has 0 heterocycles. The van der Waals surface area contributed by atoms with Crippen LogP contribution in [0.25, 0.3) is 0 Å². The fourth-order valence-electron chi connectivity index (χ4n) is 3.77. The Kier molecular flexibility index (Phi) is 34.4. The van der Waals surface area contributed by atoms with Crippen molar-refractivity contribution in [2.75, 3.05) is 72.7 Å². The van der Waals surface area contributed by atoms with Crippen LogP contribution in [0.1, 0.15) is 13.3 Å². The second-order valence-corrected chi connectivity index (χ2v) is 13.1. The van der Waals surface area contributed by atoms with Crippen molar-refractivity contribution in [1.82, 2.24) is 0 Å². The largest absolute Gasteiger partial charge is 0.462 e. The Morgan fingerprint density at radius 1 is 0.299 bits per heavy atom. The molecule has 0 aliphatic rings. The molecule has 0 saturated carbocycles. The molecule has 0 fully saturated rings. The maximum absolute atomic E-state index is 11.3. The Hall–Kier alpha value is -7.94. The third kappa shape index (κ3) is 29.9. The summed E-state index contributed by atoms with van der Waals surface area (Å²) in [7, 11) is 0. The zero-order chi connectivity index (χ0) is 51.9. The average Bonchev–Trinajstić information content (AvgIpc) is 3.36. The SMILES string of the molecule is C=CC(=O)OCC(CC)(COC(=O)C=C)COC(=O)C=C.C=CC(=O)OCC(CO)(COC(=O)C=C)COC(=O)C=C.C=CC(=O)OCC(COC(=O)C=C)(COC(=O)C=C)COC(=O)C=C. The van der Waals surface area contributed by atoms with E-state index in [2.05, 4.69) is 65.8 Å². The third-order valence-corrected chi connectivity index (χ3v) is 7.96. The predicted octanol–water partition coefficient (Wildman–Crippen LogP) is 2.61. The summed E-state index contributed by atoms with van der Waals surface area (Å²) in [6, 6.07) is 0. The van der Waals surface area contributed by atoms with E-state index in [1.54, 1.807) is 6.92 Å². The molecule has 21 nitrogen and oxygen atoms in total. The van der Waals surface area contributed by atoms with Crippen molar-refractivity contribution in [3.05, 3.63) is 127 Å². The highest BCUT2D eigenvalue weighted by molar-refractivity contribution is 5.84. The summed E-state index contributed by atoms with van der Waals surface area (Å²) in [5.74, 6) is -7.05. The van der Waals surface area contributed by atoms with E-state index >= 15 is 0 Å². The van der Waals surface area contributed by atoms with E-state index in [-0.39, 0.29) is 66.1 Å². The Morgan fingerprint density at radius 2 is 0.433 bits per heavy atom. The molecule has 21 heteroatoms. The molecule has 1 N–H and O–H groups in total. The standard InChI is InChI=1S/C17H20O8.C15H20O6.C14H18O7/c1-5-13(18)22-9-17(10-23-14(19)6-2,11-24-15(20)7-3)12-25-16(21)8-4;1-5-12(16)19-9-15(8-4,10-20-13(17)6-2)11-21-14(18)7-3;1-4-11(16)19-8-14(7-15,9-20-12(17)5-2)10-21-13(18)6-3/h5-8H,1-4,9-12H2;5-7H,1-3,8-11H2,4H3;4-6,15H,1-3,7-10H2. The summed E-state index contributed by atoms with van der Waals surface area (Å²) in [5.41, 5.74) is -3.46. The molecule has 0 radical (unpaired) electrons. The molecule has 0 amide bonds. The van der Waals surface area contributed by atoms with Gasteiger partial charge in [0.1, 0.15) is 71.5 Å². The second kappa shape index (κ2) is 36.4. The highest BCUT2D eigenvalue weighted by Gasteiger charge is 2.38. The van der Waals surface area contributed by atoms with Gasteiger partial charge in [0.05, 0.1) is 17.4 Å². The number of hydrogen-bond donors (Lipinski definition) is 1. The molecule has 67 heavy (non-hydrogen) atoms. The summed E-state index contributed by atoms with van der Waals surface area (Å²) in [5, 5.41) is 9.48. The summed E-state index contributed by atoms with van der Waals surface area (Å²) in [6.07, 6.45) is 10.0. The summed E-state index contributed by atoms with van der Waals surface area (Å²) < 4.78 is 49.2. The highest BCUT2D eigenvalue weighted by atomic mass is 16.6. The van der Waals surface area contributed by atoms with Crippen molar-refractivity contribution in [1.29, 1.82) is 0 Å². The van der Waals surface area contributed by atoms with E-state index in [1.165, 1.54) is 0 Å². The second-order valence-electron chi connectivity index (χ2n) is 13.1. The van der Waals surface area contributed by atoms with E-state index < -0.39 is 82.5 Å². The molecule has 368 valence electrons. The van der Waals surface area contributed by atoms with Gasteiger partial charge in [0.15, 0.2) is 0 Å². The first-order chi connectivity index (χ1) is 31.7. The molecule has 0 aliphatic heterocycles. The lowest BCUT2D eigenvalue weighted by Crippen LogP contribution is -2.43. The van der Waals surface area contributed by atoms with Crippen molar-refractivity contribution in [2.24, 2.45) is 16.2 Å². The van der Waals surface area contributed by atoms with Crippen molar-refractivity contribution in [3.63, 3.8) is 0 Å². The number of ether oxygens (including phenoxy) is 10. The van der Waals surface area contributed by atoms with E-state index in [4.69, 9.17) is 47.4 Å². The molecule has 0 aromatic carbocycles. The molecule has 0 saturated heterocycles. The van der Waals surface area contributed by atoms with Gasteiger partial charge in [-0.3, -0.25) is 0 Å². The maximum Gasteiger partial charge on any atom is 0.330 e. The van der Waals surface area contributed by atoms with Crippen LogP contribution in [-0.4, -0.2) is 137 Å². The summed E-state index contributed by atoms with van der Waals surface area (Å²) in [6.45, 7) is 31.1. The van der Waals surface area contributed by atoms with Crippen LogP contribution in [0.15, 0.2) is 127 Å². The van der Waals surface area contributed by atoms with Crippen LogP contribution in [0, 0.1) is 16.2 Å². The van der Waals surface area contributed by atoms with E-state index in [0.29, 0.717) is 6.42 Å². The summed E-state index contributed by atoms with van der Waals surface area (Å²) in [4.78, 5) is 112. The number of hydrogen-bond acceptors (Lipinski definition) is 21. The predicted molar refractivity (Wildman–Crippen MR) is 236 cm³/mol. The first-order valence-electron chi connectivity index (χ1n) is 19.2. The monoisotopic (exact) mass is 946 g/mol. The molecule has 0 rings (SSSR count). The maximum atomic E-state index is 11.3. The molecule has 0 aromatic heterocycles. The molecule has 0 spiro atoms. The van der Waals surface area contributed by atoms with E-state index in [1.807, 2.05) is 0 Å². The minimum Gasteiger partial charge on any atom is -0.462 e. The van der Waals surface area contributed by atoms with Gasteiger partial charge in [-0.2, -0.15) is 0 Å². The van der Waals surface area contributed by atoms with Gasteiger partial charge in [-0.1, -0.05) is 72.7 Å². The topological polar surface area (TPSA) is 283 Å². The lowest BCUT2D eigenvalue weighted by Gasteiger charge is -2.31. The Morgan fingerprint density at radius 3 is 0.552 bits per heavy atom. The summed E-state index contributed by atoms with van der Waals surface area (Å²) >= 11 is 0. The van der Waals surface area contributed by atoms with Gasteiger partial charge in [0.2, 0.25) is 0 Å². The first kappa shape index (κ1) is 63.3. The molecule has 0 aliphatic carbocycles. The third-order valence-electron chi connectivity index (χ3n) is 7.96. The van der Waals surface area contributed by atoms with Crippen LogP contribution < -0.4 is 0 Å². The fraction of sp³-hybridized carbons (Fsp3) is 0.348. The van der Waals surface area contributed by atoms with Gasteiger partial charge >= 0.3 is 59.7 Å². The van der Waals surface area contributed by atoms with Crippen molar-refractivity contribution in [2.45, 2.75) is 13.3 Å². The number of carbonyl (C=O) groups excluding carboxylic acids is 10. The number of rotatable bonds is 32. The Bertz CT molecular complexity index is 1520. The molecule has 0 aromatic rings. The van der Waals surface area contributed by atoms with E-state index in [0.717, 1.165) is 60.8 Å². The lowest BCUT2D eigenvalue weighted by atomic mass is 9.88. The highest BCUT2D eigenvalue weighted by Crippen LogP contribution is 2.25. The lowest BCUT2D eigenvalue weighted by molar-refractivity contribution is -0.165. The molecule has 0 bridgehead atoms. The quantitative estimate of drug-likeness (QED) is 0.0576. The minimum absolute atomic E-state index is 0.0802. The molecule has 0 unspecified atom stereocenters. The van der Waals surface area contributed by atoms with Gasteiger partial charge in [0, 0.05) is 60.8 Å². The Labute approximate surface area is 388 Å². The first-order valence-corrected chi connectivity index (χ1v) is 19.2. The van der Waals surface area contributed by atoms with Gasteiger partial charge in [-0.15, -0.1) is 0 Å². The van der Waals surface area contributed by atoms with Crippen LogP contribution in [-0.2, 0) is 95.3 Å². The number of aliphatic hydroxyl groups excluding tert-OH is 1. The molecular formula is C46H58O21. The van der Waals surface area contributed by atoms with Crippen LogP contribution in [0.3, 0.4) is 0 Å². The number of esters is 10. The van der Waals surface area contributed by atoms with Crippen molar-refractivity contribution < 1.29 is 100 Å². The van der Waals surface area contributed by atoms with Crippen LogP contribution >= 0.6 is 0 Å². The van der Waals surface area contributed by atoms with Crippen LogP contribution in [0.5, 0.6) is 0 Å². The zero-order valence-electron chi connectivity index (χ0n) is 37.4. The smallest absolute Gasteiger partial charge is 0.330 e. The number of aliphatic hydroxyl groups is 1. The number of carbonyl (C=O) groups is 10. The van der Waals surface area contributed by atoms with Crippen molar-refractivity contribution in [3.8, 4) is 0 Å². The van der Waals surface area contributed by atoms with Gasteiger partial charge < -0.3 is 52.5 Å². The zero-order valence-corrected chi connectivity index (χ0v) is 37.4. The normalized spacial score (nSPS) is 10.1. The Balaban J connectivity index is -0.000000922. The fourth-order valence-corrected chi connectivity index (χ4v) is 3.77. The molecular weight excluding hydrogens is 888 g/mol. The van der Waals surface area contributed by atoms with Gasteiger partial charge in [0.25, 0.3) is 0 Å². The average molecular weight is 947 g/mol. The molecule has 0 atom stereocenters. The van der Waals surface area contributed by atoms with Gasteiger partial charge in [-0.25, -0.2) is 47.9 Å². The van der Waals surface area contributed by atoms with Crippen LogP contribution in [0.4, 0.5) is 0 Å². The van der Waals surface area contributed by atoms with Gasteiger partial charge in [-0.05, 0) is 6.42 Å². The van der Waals surface area contributed by atoms with E-state index in [9.17, 15) is 53.1 Å². The van der Waals surface area contributed by atoms with Crippen molar-refractivity contribution >= 4 is 59.7 Å².